The molecule has 1 N–H and O–H groups in total. The lowest BCUT2D eigenvalue weighted by molar-refractivity contribution is 0.640. The Hall–Kier alpha value is -2.44. The summed E-state index contributed by atoms with van der Waals surface area (Å²) < 4.78 is 0. The van der Waals surface area contributed by atoms with Crippen LogP contribution in [0.2, 0.25) is 0 Å². The highest BCUT2D eigenvalue weighted by molar-refractivity contribution is 5.47. The van der Waals surface area contributed by atoms with Gasteiger partial charge in [0.05, 0.1) is 6.20 Å². The van der Waals surface area contributed by atoms with Gasteiger partial charge in [0.25, 0.3) is 0 Å². The molecule has 0 atom stereocenters. The van der Waals surface area contributed by atoms with E-state index in [1.807, 2.05) is 26.1 Å². The molecule has 2 aromatic heterocycles. The molecule has 116 valence electrons. The molecule has 7 nitrogen and oxygen atoms in total. The molecule has 1 saturated heterocycles. The van der Waals surface area contributed by atoms with Gasteiger partial charge in [-0.25, -0.2) is 9.97 Å². The molecule has 0 amide bonds. The van der Waals surface area contributed by atoms with Crippen LogP contribution in [0.4, 0.5) is 17.6 Å². The fourth-order valence-electron chi connectivity index (χ4n) is 2.57. The molecule has 0 radical (unpaired) electrons. The Kier molecular flexibility index (Phi) is 4.32. The molecule has 0 unspecified atom stereocenters. The second-order valence-electron chi connectivity index (χ2n) is 5.26. The number of nitrogens with zero attached hydrogens (tertiary/aromatic N) is 6. The minimum atomic E-state index is 0.703. The lowest BCUT2D eigenvalue weighted by atomic mass is 10.3. The Bertz CT molecular complexity index is 609. The van der Waals surface area contributed by atoms with Gasteiger partial charge in [0.15, 0.2) is 0 Å². The van der Waals surface area contributed by atoms with E-state index < -0.39 is 0 Å². The van der Waals surface area contributed by atoms with Crippen molar-refractivity contribution in [2.75, 3.05) is 47.8 Å². The Labute approximate surface area is 130 Å². The zero-order valence-corrected chi connectivity index (χ0v) is 13.0. The Morgan fingerprint density at radius 2 is 1.77 bits per heavy atom. The van der Waals surface area contributed by atoms with E-state index in [0.717, 1.165) is 50.1 Å². The summed E-state index contributed by atoms with van der Waals surface area (Å²) in [5, 5.41) is 3.18. The second kappa shape index (κ2) is 6.55. The highest BCUT2D eigenvalue weighted by atomic mass is 15.3. The molecular formula is C15H21N7. The quantitative estimate of drug-likeness (QED) is 0.913. The van der Waals surface area contributed by atoms with E-state index in [1.54, 1.807) is 12.4 Å². The summed E-state index contributed by atoms with van der Waals surface area (Å²) in [7, 11) is 0. The Morgan fingerprint density at radius 1 is 1.05 bits per heavy atom. The Balaban J connectivity index is 1.68. The first-order valence-electron chi connectivity index (χ1n) is 7.61. The van der Waals surface area contributed by atoms with Crippen LogP contribution >= 0.6 is 0 Å². The molecule has 7 heteroatoms. The van der Waals surface area contributed by atoms with Gasteiger partial charge in [-0.15, -0.1) is 0 Å². The number of rotatable bonds is 4. The summed E-state index contributed by atoms with van der Waals surface area (Å²) in [6.07, 6.45) is 5.25. The van der Waals surface area contributed by atoms with Crippen LogP contribution in [0.25, 0.3) is 0 Å². The molecule has 22 heavy (non-hydrogen) atoms. The molecule has 2 aromatic rings. The maximum absolute atomic E-state index is 4.60. The molecule has 1 aliphatic heterocycles. The zero-order valence-electron chi connectivity index (χ0n) is 13.0. The van der Waals surface area contributed by atoms with Crippen LogP contribution in [0.5, 0.6) is 0 Å². The van der Waals surface area contributed by atoms with Crippen LogP contribution < -0.4 is 15.1 Å². The molecule has 0 bridgehead atoms. The highest BCUT2D eigenvalue weighted by Crippen LogP contribution is 2.18. The van der Waals surface area contributed by atoms with E-state index in [9.17, 15) is 0 Å². The lowest BCUT2D eigenvalue weighted by Crippen LogP contribution is -2.47. The fourth-order valence-corrected chi connectivity index (χ4v) is 2.57. The summed E-state index contributed by atoms with van der Waals surface area (Å²) in [6, 6.07) is 2.04. The number of aromatic nitrogens is 4. The molecule has 1 aliphatic rings. The van der Waals surface area contributed by atoms with Crippen LogP contribution in [0.3, 0.4) is 0 Å². The largest absolute Gasteiger partial charge is 0.354 e. The van der Waals surface area contributed by atoms with Crippen molar-refractivity contribution in [3.05, 3.63) is 30.4 Å². The average molecular weight is 299 g/mol. The summed E-state index contributed by atoms with van der Waals surface area (Å²) >= 11 is 0. The van der Waals surface area contributed by atoms with Gasteiger partial charge in [0.1, 0.15) is 11.6 Å². The van der Waals surface area contributed by atoms with Crippen LogP contribution in [0, 0.1) is 6.92 Å². The van der Waals surface area contributed by atoms with E-state index in [-0.39, 0.29) is 0 Å². The number of piperazine rings is 1. The van der Waals surface area contributed by atoms with Gasteiger partial charge in [-0.2, -0.15) is 4.98 Å². The molecule has 0 saturated carbocycles. The van der Waals surface area contributed by atoms with Gasteiger partial charge < -0.3 is 15.1 Å². The van der Waals surface area contributed by atoms with Crippen LogP contribution in [-0.2, 0) is 0 Å². The standard InChI is InChI=1S/C15H21N7/c1-3-17-15-19-12(2)10-13(20-15)21-6-8-22(9-7-21)14-11-16-4-5-18-14/h4-5,10-11H,3,6-9H2,1-2H3,(H,17,19,20). The number of nitrogens with one attached hydrogen (secondary N) is 1. The molecule has 1 fully saturated rings. The number of hydrogen-bond acceptors (Lipinski definition) is 7. The summed E-state index contributed by atoms with van der Waals surface area (Å²) in [5.74, 6) is 2.63. The first kappa shape index (κ1) is 14.5. The molecular weight excluding hydrogens is 278 g/mol. The predicted molar refractivity (Wildman–Crippen MR) is 87.4 cm³/mol. The molecule has 3 rings (SSSR count). The van der Waals surface area contributed by atoms with Gasteiger partial charge in [0, 0.05) is 56.9 Å². The van der Waals surface area contributed by atoms with Crippen LogP contribution in [0.1, 0.15) is 12.6 Å². The zero-order chi connectivity index (χ0) is 15.4. The normalized spacial score (nSPS) is 15.0. The number of anilines is 3. The van der Waals surface area contributed by atoms with E-state index in [1.165, 1.54) is 0 Å². The first-order valence-corrected chi connectivity index (χ1v) is 7.61. The monoisotopic (exact) mass is 299 g/mol. The average Bonchev–Trinajstić information content (AvgIpc) is 2.56. The summed E-state index contributed by atoms with van der Waals surface area (Å²) in [5.41, 5.74) is 0.984. The van der Waals surface area contributed by atoms with Gasteiger partial charge in [-0.1, -0.05) is 0 Å². The summed E-state index contributed by atoms with van der Waals surface area (Å²) in [4.78, 5) is 22.0. The van der Waals surface area contributed by atoms with Crippen molar-refractivity contribution < 1.29 is 0 Å². The number of hydrogen-bond donors (Lipinski definition) is 1. The van der Waals surface area contributed by atoms with E-state index >= 15 is 0 Å². The SMILES string of the molecule is CCNc1nc(C)cc(N2CCN(c3cnccn3)CC2)n1. The molecule has 3 heterocycles. The fraction of sp³-hybridized carbons (Fsp3) is 0.467. The van der Waals surface area contributed by atoms with Gasteiger partial charge in [-0.3, -0.25) is 4.98 Å². The second-order valence-corrected chi connectivity index (χ2v) is 5.26. The van der Waals surface area contributed by atoms with Crippen LogP contribution in [0.15, 0.2) is 24.7 Å². The van der Waals surface area contributed by atoms with E-state index in [4.69, 9.17) is 0 Å². The van der Waals surface area contributed by atoms with E-state index in [0.29, 0.717) is 5.95 Å². The van der Waals surface area contributed by atoms with Crippen molar-refractivity contribution in [3.8, 4) is 0 Å². The third kappa shape index (κ3) is 3.24. The minimum absolute atomic E-state index is 0.703. The maximum atomic E-state index is 4.60. The van der Waals surface area contributed by atoms with Crippen molar-refractivity contribution >= 4 is 17.6 Å². The first-order chi connectivity index (χ1) is 10.8. The summed E-state index contributed by atoms with van der Waals surface area (Å²) in [6.45, 7) is 8.53. The lowest BCUT2D eigenvalue weighted by Gasteiger charge is -2.36. The van der Waals surface area contributed by atoms with Crippen molar-refractivity contribution in [2.45, 2.75) is 13.8 Å². The molecule has 0 spiro atoms. The predicted octanol–water partition coefficient (Wildman–Crippen LogP) is 1.33. The van der Waals surface area contributed by atoms with Crippen molar-refractivity contribution in [3.63, 3.8) is 0 Å². The third-order valence-corrected chi connectivity index (χ3v) is 3.65. The highest BCUT2D eigenvalue weighted by Gasteiger charge is 2.19. The van der Waals surface area contributed by atoms with E-state index in [2.05, 4.69) is 35.1 Å². The third-order valence-electron chi connectivity index (χ3n) is 3.65. The number of aryl methyl sites for hydroxylation is 1. The molecule has 0 aromatic carbocycles. The van der Waals surface area contributed by atoms with Crippen molar-refractivity contribution in [1.29, 1.82) is 0 Å². The Morgan fingerprint density at radius 3 is 2.41 bits per heavy atom. The molecule has 0 aliphatic carbocycles. The maximum Gasteiger partial charge on any atom is 0.224 e. The van der Waals surface area contributed by atoms with Gasteiger partial charge in [0.2, 0.25) is 5.95 Å². The van der Waals surface area contributed by atoms with Gasteiger partial charge in [-0.05, 0) is 13.8 Å². The van der Waals surface area contributed by atoms with Crippen molar-refractivity contribution in [1.82, 2.24) is 19.9 Å². The minimum Gasteiger partial charge on any atom is -0.354 e. The van der Waals surface area contributed by atoms with Crippen molar-refractivity contribution in [2.24, 2.45) is 0 Å². The van der Waals surface area contributed by atoms with Crippen LogP contribution in [-0.4, -0.2) is 52.7 Å². The topological polar surface area (TPSA) is 70.1 Å². The smallest absolute Gasteiger partial charge is 0.224 e. The van der Waals surface area contributed by atoms with Gasteiger partial charge >= 0.3 is 0 Å².